The van der Waals surface area contributed by atoms with Gasteiger partial charge in [-0.1, -0.05) is 12.1 Å². The maximum atomic E-state index is 11.6. The van der Waals surface area contributed by atoms with Gasteiger partial charge in [-0.2, -0.15) is 0 Å². The molecule has 0 radical (unpaired) electrons. The summed E-state index contributed by atoms with van der Waals surface area (Å²) in [5, 5.41) is 10.1. The number of hydrogen-bond donors (Lipinski definition) is 2. The van der Waals surface area contributed by atoms with Crippen molar-refractivity contribution in [1.82, 2.24) is 0 Å². The fraction of sp³-hybridized carbons (Fsp3) is 0.533. The van der Waals surface area contributed by atoms with E-state index in [0.29, 0.717) is 13.0 Å². The minimum absolute atomic E-state index is 0.0719. The number of amides is 1. The number of carbonyl (C=O) groups is 1. The quantitative estimate of drug-likeness (QED) is 0.869. The van der Waals surface area contributed by atoms with Gasteiger partial charge in [-0.05, 0) is 49.9 Å². The molecule has 2 atom stereocenters. The average molecular weight is 262 g/mol. The predicted octanol–water partition coefficient (Wildman–Crippen LogP) is 1.76. The van der Waals surface area contributed by atoms with Crippen LogP contribution in [0.1, 0.15) is 43.9 Å². The molecule has 0 aliphatic carbocycles. The Bertz CT molecular complexity index is 473. The van der Waals surface area contributed by atoms with Crippen LogP contribution in [0.2, 0.25) is 0 Å². The summed E-state index contributed by atoms with van der Waals surface area (Å²) >= 11 is 0. The lowest BCUT2D eigenvalue weighted by Gasteiger charge is -2.20. The summed E-state index contributed by atoms with van der Waals surface area (Å²) in [6, 6.07) is 6.08. The predicted molar refractivity (Wildman–Crippen MR) is 76.0 cm³/mol. The third kappa shape index (κ3) is 2.80. The van der Waals surface area contributed by atoms with Crippen molar-refractivity contribution in [3.8, 4) is 0 Å². The molecule has 0 bridgehead atoms. The van der Waals surface area contributed by atoms with Crippen LogP contribution in [0.25, 0.3) is 0 Å². The smallest absolute Gasteiger partial charge is 0.224 e. The van der Waals surface area contributed by atoms with Crippen LogP contribution in [0.15, 0.2) is 18.2 Å². The first-order chi connectivity index (χ1) is 9.04. The molecule has 2 rings (SSSR count). The summed E-state index contributed by atoms with van der Waals surface area (Å²) in [6.07, 6.45) is 1.89. The highest BCUT2D eigenvalue weighted by Crippen LogP contribution is 2.34. The number of benzene rings is 1. The molecule has 3 N–H and O–H groups in total. The monoisotopic (exact) mass is 262 g/mol. The lowest BCUT2D eigenvalue weighted by atomic mass is 10.0. The van der Waals surface area contributed by atoms with Gasteiger partial charge in [-0.25, -0.2) is 0 Å². The summed E-state index contributed by atoms with van der Waals surface area (Å²) < 4.78 is 0. The van der Waals surface area contributed by atoms with Crippen molar-refractivity contribution in [2.75, 3.05) is 11.4 Å². The molecule has 1 aliphatic heterocycles. The van der Waals surface area contributed by atoms with E-state index in [1.54, 1.807) is 6.92 Å². The lowest BCUT2D eigenvalue weighted by Crippen LogP contribution is -2.33. The second-order valence-electron chi connectivity index (χ2n) is 5.28. The van der Waals surface area contributed by atoms with E-state index in [4.69, 9.17) is 5.73 Å². The van der Waals surface area contributed by atoms with E-state index in [-0.39, 0.29) is 11.9 Å². The highest BCUT2D eigenvalue weighted by atomic mass is 16.3. The van der Waals surface area contributed by atoms with Crippen LogP contribution in [-0.2, 0) is 11.2 Å². The SMILES string of the molecule is CC(=O)N1c2ccc(C(O)CCCN)cc2CC1C. The number of anilines is 1. The number of nitrogens with zero attached hydrogens (tertiary/aromatic N) is 1. The number of aliphatic hydroxyl groups excluding tert-OH is 1. The summed E-state index contributed by atoms with van der Waals surface area (Å²) in [4.78, 5) is 13.5. The zero-order valence-corrected chi connectivity index (χ0v) is 11.6. The van der Waals surface area contributed by atoms with Gasteiger partial charge in [-0.15, -0.1) is 0 Å². The number of nitrogens with two attached hydrogens (primary N) is 1. The number of aliphatic hydroxyl groups is 1. The van der Waals surface area contributed by atoms with Crippen molar-refractivity contribution in [2.45, 2.75) is 45.3 Å². The van der Waals surface area contributed by atoms with Gasteiger partial charge >= 0.3 is 0 Å². The van der Waals surface area contributed by atoms with Crippen LogP contribution in [0.4, 0.5) is 5.69 Å². The van der Waals surface area contributed by atoms with E-state index in [9.17, 15) is 9.90 Å². The normalized spacial score (nSPS) is 19.4. The van der Waals surface area contributed by atoms with Gasteiger partial charge < -0.3 is 15.7 Å². The average Bonchev–Trinajstić information content (AvgIpc) is 2.70. The van der Waals surface area contributed by atoms with Crippen LogP contribution < -0.4 is 10.6 Å². The standard InChI is InChI=1S/C15H22N2O2/c1-10-8-13-9-12(15(19)4-3-7-16)5-6-14(13)17(10)11(2)18/h5-6,9-10,15,19H,3-4,7-8,16H2,1-2H3. The second kappa shape index (κ2) is 5.72. The Morgan fingerprint density at radius 2 is 2.32 bits per heavy atom. The fourth-order valence-corrected chi connectivity index (χ4v) is 2.82. The van der Waals surface area contributed by atoms with Crippen molar-refractivity contribution >= 4 is 11.6 Å². The van der Waals surface area contributed by atoms with Gasteiger partial charge in [0.15, 0.2) is 0 Å². The maximum Gasteiger partial charge on any atom is 0.224 e. The summed E-state index contributed by atoms with van der Waals surface area (Å²) in [5.41, 5.74) is 8.51. The minimum Gasteiger partial charge on any atom is -0.388 e. The summed E-state index contributed by atoms with van der Waals surface area (Å²) in [6.45, 7) is 4.23. The Hall–Kier alpha value is -1.39. The molecular formula is C15H22N2O2. The Labute approximate surface area is 114 Å². The molecule has 1 heterocycles. The molecule has 2 unspecified atom stereocenters. The Kier molecular flexibility index (Phi) is 4.22. The maximum absolute atomic E-state index is 11.6. The van der Waals surface area contributed by atoms with Crippen molar-refractivity contribution in [1.29, 1.82) is 0 Å². The van der Waals surface area contributed by atoms with Gasteiger partial charge in [-0.3, -0.25) is 4.79 Å². The van der Waals surface area contributed by atoms with E-state index in [0.717, 1.165) is 29.7 Å². The van der Waals surface area contributed by atoms with Crippen molar-refractivity contribution in [3.05, 3.63) is 29.3 Å². The molecular weight excluding hydrogens is 240 g/mol. The van der Waals surface area contributed by atoms with Gasteiger partial charge in [0, 0.05) is 18.7 Å². The zero-order valence-electron chi connectivity index (χ0n) is 11.6. The van der Waals surface area contributed by atoms with E-state index >= 15 is 0 Å². The van der Waals surface area contributed by atoms with Crippen LogP contribution in [0.5, 0.6) is 0 Å². The van der Waals surface area contributed by atoms with Gasteiger partial charge in [0.2, 0.25) is 5.91 Å². The van der Waals surface area contributed by atoms with Crippen molar-refractivity contribution in [2.24, 2.45) is 5.73 Å². The third-order valence-electron chi connectivity index (χ3n) is 3.72. The number of carbonyl (C=O) groups excluding carboxylic acids is 1. The van der Waals surface area contributed by atoms with Gasteiger partial charge in [0.05, 0.1) is 6.10 Å². The molecule has 0 fully saturated rings. The van der Waals surface area contributed by atoms with Crippen LogP contribution >= 0.6 is 0 Å². The molecule has 1 aromatic rings. The first-order valence-corrected chi connectivity index (χ1v) is 6.85. The largest absolute Gasteiger partial charge is 0.388 e. The fourth-order valence-electron chi connectivity index (χ4n) is 2.82. The molecule has 4 nitrogen and oxygen atoms in total. The van der Waals surface area contributed by atoms with Crippen LogP contribution in [0.3, 0.4) is 0 Å². The molecule has 1 amide bonds. The number of rotatable bonds is 4. The molecule has 1 aliphatic rings. The van der Waals surface area contributed by atoms with Gasteiger partial charge in [0.25, 0.3) is 0 Å². The van der Waals surface area contributed by atoms with Crippen molar-refractivity contribution in [3.63, 3.8) is 0 Å². The minimum atomic E-state index is -0.462. The Balaban J connectivity index is 2.22. The molecule has 1 aromatic carbocycles. The molecule has 0 saturated carbocycles. The van der Waals surface area contributed by atoms with Crippen molar-refractivity contribution < 1.29 is 9.90 Å². The lowest BCUT2D eigenvalue weighted by molar-refractivity contribution is -0.116. The Morgan fingerprint density at radius 3 is 2.95 bits per heavy atom. The van der Waals surface area contributed by atoms with Crippen LogP contribution in [-0.4, -0.2) is 23.6 Å². The number of fused-ring (bicyclic) bond motifs is 1. The highest BCUT2D eigenvalue weighted by Gasteiger charge is 2.29. The molecule has 0 aromatic heterocycles. The molecule has 19 heavy (non-hydrogen) atoms. The van der Waals surface area contributed by atoms with E-state index in [1.807, 2.05) is 30.0 Å². The highest BCUT2D eigenvalue weighted by molar-refractivity contribution is 5.94. The molecule has 4 heteroatoms. The summed E-state index contributed by atoms with van der Waals surface area (Å²) in [5.74, 6) is 0.0719. The Morgan fingerprint density at radius 1 is 1.58 bits per heavy atom. The molecule has 0 spiro atoms. The molecule has 104 valence electrons. The molecule has 0 saturated heterocycles. The van der Waals surface area contributed by atoms with Gasteiger partial charge in [0.1, 0.15) is 0 Å². The van der Waals surface area contributed by atoms with Crippen LogP contribution in [0, 0.1) is 0 Å². The van der Waals surface area contributed by atoms with E-state index in [2.05, 4.69) is 0 Å². The third-order valence-corrected chi connectivity index (χ3v) is 3.72. The van der Waals surface area contributed by atoms with E-state index in [1.165, 1.54) is 0 Å². The summed E-state index contributed by atoms with van der Waals surface area (Å²) in [7, 11) is 0. The zero-order chi connectivity index (χ0) is 14.0. The number of hydrogen-bond acceptors (Lipinski definition) is 3. The topological polar surface area (TPSA) is 66.6 Å². The first kappa shape index (κ1) is 14.0. The second-order valence-corrected chi connectivity index (χ2v) is 5.28. The van der Waals surface area contributed by atoms with E-state index < -0.39 is 6.10 Å². The first-order valence-electron chi connectivity index (χ1n) is 6.85.